The minimum Gasteiger partial charge on any atom is -0.490 e. The van der Waals surface area contributed by atoms with Crippen molar-refractivity contribution in [3.8, 4) is 5.75 Å². The number of pyridine rings is 1. The molecule has 2 aliphatic rings. The number of hydrogen-bond acceptors (Lipinski definition) is 3. The van der Waals surface area contributed by atoms with E-state index in [2.05, 4.69) is 75.4 Å². The molecule has 3 heterocycles. The maximum Gasteiger partial charge on any atom is 0.174 e. The number of thiocarbonyl (C=S) groups is 1. The van der Waals surface area contributed by atoms with Crippen molar-refractivity contribution in [2.24, 2.45) is 0 Å². The van der Waals surface area contributed by atoms with Gasteiger partial charge in [-0.15, -0.1) is 0 Å². The quantitative estimate of drug-likeness (QED) is 0.528. The highest BCUT2D eigenvalue weighted by atomic mass is 32.1. The van der Waals surface area contributed by atoms with E-state index < -0.39 is 0 Å². The van der Waals surface area contributed by atoms with Gasteiger partial charge in [0.05, 0.1) is 17.8 Å². The molecule has 2 fully saturated rings. The average molecular weight is 433 g/mol. The Bertz CT molecular complexity index is 1030. The van der Waals surface area contributed by atoms with Crippen molar-refractivity contribution < 1.29 is 4.74 Å². The fraction of sp³-hybridized carbons (Fsp3) is 0.360. The Morgan fingerprint density at radius 2 is 1.87 bits per heavy atom. The second-order valence-electron chi connectivity index (χ2n) is 8.23. The molecule has 2 atom stereocenters. The van der Waals surface area contributed by atoms with Gasteiger partial charge in [0, 0.05) is 30.3 Å². The molecule has 5 rings (SSSR count). The lowest BCUT2D eigenvalue weighted by Gasteiger charge is -2.29. The minimum atomic E-state index is -0.0247. The molecule has 1 aliphatic carbocycles. The van der Waals surface area contributed by atoms with Crippen LogP contribution in [0.3, 0.4) is 0 Å². The highest BCUT2D eigenvalue weighted by Crippen LogP contribution is 2.42. The van der Waals surface area contributed by atoms with E-state index in [-0.39, 0.29) is 12.1 Å². The summed E-state index contributed by atoms with van der Waals surface area (Å²) < 4.78 is 8.44. The van der Waals surface area contributed by atoms with Crippen molar-refractivity contribution >= 4 is 23.0 Å². The normalized spacial score (nSPS) is 21.5. The van der Waals surface area contributed by atoms with Gasteiger partial charge >= 0.3 is 0 Å². The van der Waals surface area contributed by atoms with Crippen LogP contribution in [0.4, 0.5) is 5.69 Å². The van der Waals surface area contributed by atoms with Crippen LogP contribution in [-0.4, -0.2) is 20.8 Å². The Balaban J connectivity index is 1.49. The van der Waals surface area contributed by atoms with E-state index in [0.29, 0.717) is 11.2 Å². The van der Waals surface area contributed by atoms with Crippen molar-refractivity contribution in [1.82, 2.24) is 14.9 Å². The molecule has 160 valence electrons. The number of hydrogen-bond donors (Lipinski definition) is 1. The van der Waals surface area contributed by atoms with Crippen molar-refractivity contribution in [3.05, 3.63) is 78.4 Å². The van der Waals surface area contributed by atoms with Crippen LogP contribution in [0.5, 0.6) is 5.75 Å². The summed E-state index contributed by atoms with van der Waals surface area (Å²) >= 11 is 5.83. The van der Waals surface area contributed by atoms with E-state index in [1.807, 2.05) is 18.3 Å². The van der Waals surface area contributed by atoms with Crippen LogP contribution in [0.2, 0.25) is 0 Å². The summed E-state index contributed by atoms with van der Waals surface area (Å²) in [7, 11) is 0. The molecular weight excluding hydrogens is 404 g/mol. The Morgan fingerprint density at radius 1 is 1.06 bits per heavy atom. The molecular formula is C25H28N4OS. The summed E-state index contributed by atoms with van der Waals surface area (Å²) in [4.78, 5) is 6.85. The molecule has 0 unspecified atom stereocenters. The molecule has 0 amide bonds. The molecule has 0 radical (unpaired) electrons. The largest absolute Gasteiger partial charge is 0.490 e. The predicted molar refractivity (Wildman–Crippen MR) is 127 cm³/mol. The number of rotatable bonds is 6. The third-order valence-corrected chi connectivity index (χ3v) is 6.64. The van der Waals surface area contributed by atoms with Crippen LogP contribution >= 0.6 is 12.2 Å². The summed E-state index contributed by atoms with van der Waals surface area (Å²) in [6.07, 6.45) is 9.17. The number of benzene rings is 1. The van der Waals surface area contributed by atoms with Gasteiger partial charge in [0.15, 0.2) is 5.11 Å². The van der Waals surface area contributed by atoms with Gasteiger partial charge in [0.25, 0.3) is 0 Å². The van der Waals surface area contributed by atoms with E-state index in [1.54, 1.807) is 0 Å². The Kier molecular flexibility index (Phi) is 5.64. The van der Waals surface area contributed by atoms with Crippen LogP contribution in [0.25, 0.3) is 0 Å². The maximum absolute atomic E-state index is 6.16. The van der Waals surface area contributed by atoms with E-state index in [1.165, 1.54) is 18.5 Å². The second kappa shape index (κ2) is 8.71. The lowest BCUT2D eigenvalue weighted by molar-refractivity contribution is 0.210. The first kappa shape index (κ1) is 20.1. The van der Waals surface area contributed by atoms with E-state index in [0.717, 1.165) is 36.5 Å². The van der Waals surface area contributed by atoms with Gasteiger partial charge in [0.1, 0.15) is 11.8 Å². The molecule has 1 aliphatic heterocycles. The van der Waals surface area contributed by atoms with Crippen LogP contribution in [-0.2, 0) is 6.54 Å². The molecule has 1 N–H and O–H groups in total. The molecule has 1 saturated heterocycles. The molecule has 2 aromatic heterocycles. The maximum atomic E-state index is 6.16. The highest BCUT2D eigenvalue weighted by Gasteiger charge is 2.41. The van der Waals surface area contributed by atoms with E-state index >= 15 is 0 Å². The lowest BCUT2D eigenvalue weighted by Crippen LogP contribution is -2.30. The lowest BCUT2D eigenvalue weighted by atomic mass is 10.0. The first-order chi connectivity index (χ1) is 15.2. The third kappa shape index (κ3) is 3.92. The first-order valence-corrected chi connectivity index (χ1v) is 11.6. The van der Waals surface area contributed by atoms with Crippen LogP contribution < -0.4 is 15.0 Å². The molecule has 31 heavy (non-hydrogen) atoms. The monoisotopic (exact) mass is 432 g/mol. The summed E-state index contributed by atoms with van der Waals surface area (Å²) in [5, 5.41) is 4.25. The summed E-state index contributed by atoms with van der Waals surface area (Å²) in [5.41, 5.74) is 3.27. The zero-order valence-corrected chi connectivity index (χ0v) is 18.6. The summed E-state index contributed by atoms with van der Waals surface area (Å²) in [6.45, 7) is 3.07. The number of ether oxygens (including phenoxy) is 1. The molecule has 0 spiro atoms. The smallest absolute Gasteiger partial charge is 0.174 e. The topological polar surface area (TPSA) is 42.3 Å². The number of aryl methyl sites for hydroxylation is 1. The Hall–Kier alpha value is -2.86. The minimum absolute atomic E-state index is 0.0129. The van der Waals surface area contributed by atoms with Gasteiger partial charge in [0.2, 0.25) is 0 Å². The van der Waals surface area contributed by atoms with E-state index in [9.17, 15) is 0 Å². The first-order valence-electron chi connectivity index (χ1n) is 11.2. The Labute approximate surface area is 189 Å². The number of anilines is 1. The molecule has 1 saturated carbocycles. The van der Waals surface area contributed by atoms with Crippen molar-refractivity contribution in [2.45, 2.75) is 57.3 Å². The summed E-state index contributed by atoms with van der Waals surface area (Å²) in [6, 6.07) is 18.7. The second-order valence-corrected chi connectivity index (χ2v) is 8.62. The van der Waals surface area contributed by atoms with Gasteiger partial charge < -0.3 is 19.5 Å². The van der Waals surface area contributed by atoms with Gasteiger partial charge in [-0.1, -0.05) is 6.07 Å². The highest BCUT2D eigenvalue weighted by molar-refractivity contribution is 7.80. The molecule has 0 bridgehead atoms. The zero-order chi connectivity index (χ0) is 21.2. The molecule has 5 nitrogen and oxygen atoms in total. The summed E-state index contributed by atoms with van der Waals surface area (Å²) in [5.74, 6) is 0.934. The van der Waals surface area contributed by atoms with Crippen molar-refractivity contribution in [1.29, 1.82) is 0 Å². The van der Waals surface area contributed by atoms with Crippen molar-refractivity contribution in [3.63, 3.8) is 0 Å². The molecule has 3 aromatic rings. The fourth-order valence-corrected chi connectivity index (χ4v) is 5.15. The van der Waals surface area contributed by atoms with Crippen LogP contribution in [0.1, 0.15) is 56.1 Å². The van der Waals surface area contributed by atoms with Gasteiger partial charge in [-0.05, 0) is 93.4 Å². The predicted octanol–water partition coefficient (Wildman–Crippen LogP) is 5.40. The van der Waals surface area contributed by atoms with Gasteiger partial charge in [-0.2, -0.15) is 0 Å². The third-order valence-electron chi connectivity index (χ3n) is 6.33. The van der Waals surface area contributed by atoms with Gasteiger partial charge in [-0.25, -0.2) is 0 Å². The zero-order valence-electron chi connectivity index (χ0n) is 17.8. The number of aromatic nitrogens is 2. The SMILES string of the molecule is CCn1cccc1[C@H]1[C@H](c2ccccn2)NC(=S)N1c1ccc(OC2CCCC2)cc1. The molecule has 6 heteroatoms. The fourth-order valence-electron chi connectivity index (χ4n) is 4.80. The van der Waals surface area contributed by atoms with E-state index in [4.69, 9.17) is 17.0 Å². The van der Waals surface area contributed by atoms with Gasteiger partial charge in [-0.3, -0.25) is 4.98 Å². The number of nitrogens with one attached hydrogen (secondary N) is 1. The average Bonchev–Trinajstić information content (AvgIpc) is 3.55. The van der Waals surface area contributed by atoms with Crippen LogP contribution in [0, 0.1) is 0 Å². The van der Waals surface area contributed by atoms with Crippen molar-refractivity contribution in [2.75, 3.05) is 4.90 Å². The molecule has 1 aromatic carbocycles. The van der Waals surface area contributed by atoms with Crippen LogP contribution in [0.15, 0.2) is 67.0 Å². The standard InChI is InChI=1S/C25H28N4OS/c1-2-28-17-7-11-22(28)24-23(21-10-5-6-16-26-21)27-25(31)29(24)18-12-14-20(15-13-18)30-19-8-3-4-9-19/h5-7,10-17,19,23-24H,2-4,8-9H2,1H3,(H,27,31)/t23-,24-/m0/s1. The number of nitrogens with zero attached hydrogens (tertiary/aromatic N) is 3. The Morgan fingerprint density at radius 3 is 2.58 bits per heavy atom.